The fourth-order valence-electron chi connectivity index (χ4n) is 4.79. The lowest BCUT2D eigenvalue weighted by molar-refractivity contribution is -0.142. The van der Waals surface area contributed by atoms with Gasteiger partial charge in [-0.1, -0.05) is 54.1 Å². The van der Waals surface area contributed by atoms with Gasteiger partial charge in [0.05, 0.1) is 0 Å². The quantitative estimate of drug-likeness (QED) is 0.603. The lowest BCUT2D eigenvalue weighted by atomic mass is 9.90. The number of halogens is 1. The van der Waals surface area contributed by atoms with E-state index in [0.29, 0.717) is 17.9 Å². The third-order valence-corrected chi connectivity index (χ3v) is 10.1. The summed E-state index contributed by atoms with van der Waals surface area (Å²) in [6.07, 6.45) is 0.798. The van der Waals surface area contributed by atoms with Crippen molar-refractivity contribution in [3.8, 4) is 10.4 Å². The molecule has 2 aromatic carbocycles. The van der Waals surface area contributed by atoms with Gasteiger partial charge in [-0.15, -0.1) is 11.3 Å². The van der Waals surface area contributed by atoms with Gasteiger partial charge in [0.25, 0.3) is 10.0 Å². The standard InChI is InChI=1S/C22H18ClNO4S2/c23-17-8-6-15(7-9-17)18-10-11-19(29-18)30(27,28)24-13-12-21(14-22(21,24)20(25)26)16-4-2-1-3-5-16/h1-11H,12-14H2,(H,25,26). The number of sulfonamides is 1. The van der Waals surface area contributed by atoms with Gasteiger partial charge in [0, 0.05) is 21.9 Å². The van der Waals surface area contributed by atoms with Crippen LogP contribution >= 0.6 is 22.9 Å². The molecule has 1 aliphatic heterocycles. The number of benzene rings is 2. The minimum atomic E-state index is -3.95. The molecule has 2 unspecified atom stereocenters. The van der Waals surface area contributed by atoms with Crippen molar-refractivity contribution in [3.63, 3.8) is 0 Å². The topological polar surface area (TPSA) is 74.7 Å². The molecule has 1 aromatic heterocycles. The van der Waals surface area contributed by atoms with Crippen molar-refractivity contribution in [1.82, 2.24) is 4.31 Å². The summed E-state index contributed by atoms with van der Waals surface area (Å²) in [6.45, 7) is 0.192. The van der Waals surface area contributed by atoms with Gasteiger partial charge >= 0.3 is 5.97 Å². The normalized spacial score (nSPS) is 25.8. The summed E-state index contributed by atoms with van der Waals surface area (Å²) in [7, 11) is -3.95. The zero-order valence-corrected chi connectivity index (χ0v) is 18.2. The highest BCUT2D eigenvalue weighted by Gasteiger charge is 2.81. The number of thiophene rings is 1. The Morgan fingerprint density at radius 2 is 1.73 bits per heavy atom. The van der Waals surface area contributed by atoms with E-state index in [1.54, 1.807) is 24.3 Å². The number of carboxylic acid groups (broad SMARTS) is 1. The molecule has 8 heteroatoms. The van der Waals surface area contributed by atoms with E-state index in [1.165, 1.54) is 4.31 Å². The molecular weight excluding hydrogens is 442 g/mol. The average molecular weight is 460 g/mol. The number of hydrogen-bond donors (Lipinski definition) is 1. The second-order valence-electron chi connectivity index (χ2n) is 7.74. The number of hydrogen-bond acceptors (Lipinski definition) is 4. The Morgan fingerprint density at radius 3 is 2.40 bits per heavy atom. The van der Waals surface area contributed by atoms with E-state index in [4.69, 9.17) is 11.6 Å². The van der Waals surface area contributed by atoms with E-state index in [1.807, 2.05) is 42.5 Å². The molecule has 1 saturated carbocycles. The van der Waals surface area contributed by atoms with E-state index < -0.39 is 26.9 Å². The summed E-state index contributed by atoms with van der Waals surface area (Å²) in [5.74, 6) is -1.08. The van der Waals surface area contributed by atoms with E-state index in [2.05, 4.69) is 0 Å². The Balaban J connectivity index is 1.53. The van der Waals surface area contributed by atoms with Crippen LogP contribution in [0.15, 0.2) is 70.9 Å². The molecule has 1 N–H and O–H groups in total. The lowest BCUT2D eigenvalue weighted by Crippen LogP contribution is -2.46. The zero-order chi connectivity index (χ0) is 21.1. The van der Waals surface area contributed by atoms with Gasteiger partial charge in [-0.25, -0.2) is 8.42 Å². The number of nitrogens with zero attached hydrogens (tertiary/aromatic N) is 1. The van der Waals surface area contributed by atoms with Crippen LogP contribution in [-0.4, -0.2) is 35.9 Å². The first-order chi connectivity index (χ1) is 14.3. The second kappa shape index (κ2) is 6.65. The predicted molar refractivity (Wildman–Crippen MR) is 116 cm³/mol. The summed E-state index contributed by atoms with van der Waals surface area (Å²) in [5, 5.41) is 10.7. The Labute approximate surface area is 183 Å². The zero-order valence-electron chi connectivity index (χ0n) is 15.8. The van der Waals surface area contributed by atoms with Crippen molar-refractivity contribution in [2.45, 2.75) is 28.0 Å². The first-order valence-corrected chi connectivity index (χ1v) is 12.1. The van der Waals surface area contributed by atoms with E-state index in [-0.39, 0.29) is 10.8 Å². The van der Waals surface area contributed by atoms with Crippen LogP contribution < -0.4 is 0 Å². The van der Waals surface area contributed by atoms with Crippen LogP contribution in [0.5, 0.6) is 0 Å². The van der Waals surface area contributed by atoms with Crippen molar-refractivity contribution in [1.29, 1.82) is 0 Å². The van der Waals surface area contributed by atoms with Gasteiger partial charge in [0.15, 0.2) is 0 Å². The monoisotopic (exact) mass is 459 g/mol. The number of carbonyl (C=O) groups is 1. The van der Waals surface area contributed by atoms with Crippen LogP contribution in [0.25, 0.3) is 10.4 Å². The molecule has 2 fully saturated rings. The third-order valence-electron chi connectivity index (χ3n) is 6.33. The number of rotatable bonds is 5. The van der Waals surface area contributed by atoms with Crippen LogP contribution in [0.3, 0.4) is 0 Å². The van der Waals surface area contributed by atoms with Crippen LogP contribution in [0.2, 0.25) is 5.02 Å². The van der Waals surface area contributed by atoms with E-state index >= 15 is 0 Å². The summed E-state index contributed by atoms with van der Waals surface area (Å²) in [6, 6.07) is 19.9. The maximum atomic E-state index is 13.5. The number of fused-ring (bicyclic) bond motifs is 1. The second-order valence-corrected chi connectivity index (χ2v) is 11.4. The molecule has 2 heterocycles. The number of aliphatic carboxylic acids is 1. The number of piperidine rings is 1. The maximum Gasteiger partial charge on any atom is 0.326 e. The summed E-state index contributed by atoms with van der Waals surface area (Å²) < 4.78 is 28.4. The molecule has 3 aromatic rings. The van der Waals surface area contributed by atoms with Crippen LogP contribution in [0, 0.1) is 0 Å². The third kappa shape index (κ3) is 2.62. The molecular formula is C22H18ClNO4S2. The molecule has 30 heavy (non-hydrogen) atoms. The van der Waals surface area contributed by atoms with Crippen LogP contribution in [-0.2, 0) is 20.2 Å². The lowest BCUT2D eigenvalue weighted by Gasteiger charge is -2.24. The van der Waals surface area contributed by atoms with Crippen molar-refractivity contribution < 1.29 is 18.3 Å². The molecule has 1 aliphatic carbocycles. The van der Waals surface area contributed by atoms with Gasteiger partial charge in [-0.3, -0.25) is 4.79 Å². The molecule has 2 atom stereocenters. The first kappa shape index (κ1) is 19.8. The highest BCUT2D eigenvalue weighted by molar-refractivity contribution is 7.91. The summed E-state index contributed by atoms with van der Waals surface area (Å²) in [4.78, 5) is 13.2. The van der Waals surface area contributed by atoms with Crippen molar-refractivity contribution in [3.05, 3.63) is 77.3 Å². The van der Waals surface area contributed by atoms with E-state index in [0.717, 1.165) is 27.3 Å². The van der Waals surface area contributed by atoms with Crippen molar-refractivity contribution in [2.75, 3.05) is 6.54 Å². The molecule has 0 amide bonds. The van der Waals surface area contributed by atoms with Gasteiger partial charge in [-0.2, -0.15) is 4.31 Å². The molecule has 5 rings (SSSR count). The molecule has 0 spiro atoms. The Bertz CT molecular complexity index is 1240. The van der Waals surface area contributed by atoms with Gasteiger partial charge in [0.1, 0.15) is 9.75 Å². The van der Waals surface area contributed by atoms with Crippen molar-refractivity contribution in [2.24, 2.45) is 0 Å². The summed E-state index contributed by atoms with van der Waals surface area (Å²) in [5.41, 5.74) is -0.329. The van der Waals surface area contributed by atoms with Crippen molar-refractivity contribution >= 4 is 38.9 Å². The first-order valence-electron chi connectivity index (χ1n) is 9.49. The highest BCUT2D eigenvalue weighted by atomic mass is 35.5. The van der Waals surface area contributed by atoms with E-state index in [9.17, 15) is 18.3 Å². The van der Waals surface area contributed by atoms with Gasteiger partial charge < -0.3 is 5.11 Å². The average Bonchev–Trinajstić information content (AvgIpc) is 3.05. The molecule has 1 saturated heterocycles. The Hall–Kier alpha value is -2.19. The molecule has 0 bridgehead atoms. The predicted octanol–water partition coefficient (Wildman–Crippen LogP) is 4.63. The minimum absolute atomic E-state index is 0.156. The Morgan fingerprint density at radius 1 is 1.03 bits per heavy atom. The molecule has 5 nitrogen and oxygen atoms in total. The maximum absolute atomic E-state index is 13.5. The largest absolute Gasteiger partial charge is 0.480 e. The fourth-order valence-corrected chi connectivity index (χ4v) is 8.14. The van der Waals surface area contributed by atoms with Crippen LogP contribution in [0.4, 0.5) is 0 Å². The summed E-state index contributed by atoms with van der Waals surface area (Å²) >= 11 is 7.08. The fraction of sp³-hybridized carbons (Fsp3) is 0.227. The smallest absolute Gasteiger partial charge is 0.326 e. The number of carboxylic acids is 1. The Kier molecular flexibility index (Phi) is 4.38. The highest BCUT2D eigenvalue weighted by Crippen LogP contribution is 2.68. The molecule has 154 valence electrons. The van der Waals surface area contributed by atoms with Gasteiger partial charge in [0.2, 0.25) is 0 Å². The minimum Gasteiger partial charge on any atom is -0.480 e. The SMILES string of the molecule is O=C(O)C12CC1(c1ccccc1)CCN2S(=O)(=O)c1ccc(-c2ccc(Cl)cc2)s1. The molecule has 2 aliphatic rings. The van der Waals surface area contributed by atoms with Gasteiger partial charge in [-0.05, 0) is 48.2 Å². The molecule has 0 radical (unpaired) electrons. The van der Waals surface area contributed by atoms with Crippen LogP contribution in [0.1, 0.15) is 18.4 Å².